The third kappa shape index (κ3) is 4.14. The molecule has 136 valence electrons. The Morgan fingerprint density at radius 1 is 1.04 bits per heavy atom. The third-order valence-corrected chi connectivity index (χ3v) is 5.44. The second-order valence-electron chi connectivity index (χ2n) is 7.32. The van der Waals surface area contributed by atoms with E-state index in [0.29, 0.717) is 6.04 Å². The van der Waals surface area contributed by atoms with Crippen LogP contribution in [-0.4, -0.2) is 48.4 Å². The number of likely N-dealkylation sites (tertiary alicyclic amines) is 1. The number of para-hydroxylation sites is 1. The highest BCUT2D eigenvalue weighted by Crippen LogP contribution is 2.27. The van der Waals surface area contributed by atoms with Gasteiger partial charge in [0, 0.05) is 44.3 Å². The molecule has 0 saturated carbocycles. The molecule has 2 aliphatic heterocycles. The lowest BCUT2D eigenvalue weighted by Gasteiger charge is -2.37. The van der Waals surface area contributed by atoms with Crippen molar-refractivity contribution in [2.45, 2.75) is 58.0 Å². The number of hydrogen-bond acceptors (Lipinski definition) is 3. The number of nitrogens with zero attached hydrogens (tertiary/aromatic N) is 2. The summed E-state index contributed by atoms with van der Waals surface area (Å²) in [6, 6.07) is 8.54. The number of rotatable bonds is 3. The van der Waals surface area contributed by atoms with Crippen molar-refractivity contribution in [2.75, 3.05) is 24.5 Å². The average Bonchev–Trinajstić information content (AvgIpc) is 2.62. The fourth-order valence-corrected chi connectivity index (χ4v) is 4.04. The molecule has 2 saturated heterocycles. The van der Waals surface area contributed by atoms with Gasteiger partial charge in [-0.2, -0.15) is 0 Å². The summed E-state index contributed by atoms with van der Waals surface area (Å²) in [5, 5.41) is 3.01. The molecule has 2 fully saturated rings. The fraction of sp³-hybridized carbons (Fsp3) is 0.600. The maximum Gasteiger partial charge on any atom is 0.256 e. The van der Waals surface area contributed by atoms with Crippen LogP contribution in [0.5, 0.6) is 0 Å². The second kappa shape index (κ2) is 7.89. The molecule has 5 nitrogen and oxygen atoms in total. The van der Waals surface area contributed by atoms with Crippen LogP contribution in [0, 0.1) is 0 Å². The van der Waals surface area contributed by atoms with Gasteiger partial charge in [0.2, 0.25) is 5.91 Å². The average molecular weight is 343 g/mol. The minimum absolute atomic E-state index is 0.0353. The van der Waals surface area contributed by atoms with Gasteiger partial charge in [-0.25, -0.2) is 0 Å². The standard InChI is InChI=1S/C20H29N3O2/c1-15-7-5-6-12-23(15)20(25)18-8-3-4-9-19(18)22-13-10-17(11-14-22)21-16(2)24/h3-4,8-9,15,17H,5-7,10-14H2,1-2H3,(H,21,24). The largest absolute Gasteiger partial charge is 0.371 e. The van der Waals surface area contributed by atoms with Gasteiger partial charge in [0.05, 0.1) is 5.56 Å². The van der Waals surface area contributed by atoms with Crippen molar-refractivity contribution in [3.63, 3.8) is 0 Å². The van der Waals surface area contributed by atoms with E-state index in [9.17, 15) is 9.59 Å². The van der Waals surface area contributed by atoms with Crippen molar-refractivity contribution >= 4 is 17.5 Å². The van der Waals surface area contributed by atoms with E-state index in [4.69, 9.17) is 0 Å². The third-order valence-electron chi connectivity index (χ3n) is 5.44. The quantitative estimate of drug-likeness (QED) is 0.918. The summed E-state index contributed by atoms with van der Waals surface area (Å²) >= 11 is 0. The number of piperidine rings is 2. The van der Waals surface area contributed by atoms with Crippen molar-refractivity contribution in [1.82, 2.24) is 10.2 Å². The van der Waals surface area contributed by atoms with Crippen molar-refractivity contribution in [1.29, 1.82) is 0 Å². The van der Waals surface area contributed by atoms with Crippen LogP contribution in [0.1, 0.15) is 56.3 Å². The van der Waals surface area contributed by atoms with E-state index < -0.39 is 0 Å². The Morgan fingerprint density at radius 2 is 1.76 bits per heavy atom. The highest BCUT2D eigenvalue weighted by atomic mass is 16.2. The number of benzene rings is 1. The first kappa shape index (κ1) is 17.8. The van der Waals surface area contributed by atoms with Crippen LogP contribution in [0.3, 0.4) is 0 Å². The molecule has 0 spiro atoms. The zero-order valence-corrected chi connectivity index (χ0v) is 15.3. The van der Waals surface area contributed by atoms with Crippen molar-refractivity contribution in [2.24, 2.45) is 0 Å². The van der Waals surface area contributed by atoms with Crippen molar-refractivity contribution in [3.05, 3.63) is 29.8 Å². The molecule has 2 heterocycles. The van der Waals surface area contributed by atoms with E-state index >= 15 is 0 Å². The van der Waals surface area contributed by atoms with E-state index in [1.165, 1.54) is 6.42 Å². The van der Waals surface area contributed by atoms with Gasteiger partial charge in [-0.15, -0.1) is 0 Å². The summed E-state index contributed by atoms with van der Waals surface area (Å²) in [5.41, 5.74) is 1.85. The highest BCUT2D eigenvalue weighted by molar-refractivity contribution is 6.00. The molecule has 2 amide bonds. The molecule has 5 heteroatoms. The van der Waals surface area contributed by atoms with Gasteiger partial charge >= 0.3 is 0 Å². The summed E-state index contributed by atoms with van der Waals surface area (Å²) in [7, 11) is 0. The Hall–Kier alpha value is -2.04. The fourth-order valence-electron chi connectivity index (χ4n) is 4.04. The molecule has 1 atom stereocenters. The van der Waals surface area contributed by atoms with Gasteiger partial charge in [-0.05, 0) is 51.2 Å². The summed E-state index contributed by atoms with van der Waals surface area (Å²) < 4.78 is 0. The van der Waals surface area contributed by atoms with Gasteiger partial charge in [0.15, 0.2) is 0 Å². The minimum atomic E-state index is 0.0353. The van der Waals surface area contributed by atoms with Crippen LogP contribution in [-0.2, 0) is 4.79 Å². The minimum Gasteiger partial charge on any atom is -0.371 e. The molecule has 1 N–H and O–H groups in total. The molecule has 0 bridgehead atoms. The number of carbonyl (C=O) groups is 2. The van der Waals surface area contributed by atoms with E-state index in [-0.39, 0.29) is 17.9 Å². The van der Waals surface area contributed by atoms with Crippen molar-refractivity contribution < 1.29 is 9.59 Å². The summed E-state index contributed by atoms with van der Waals surface area (Å²) in [5.74, 6) is 0.194. The summed E-state index contributed by atoms with van der Waals surface area (Å²) in [6.45, 7) is 6.31. The Balaban J connectivity index is 1.73. The van der Waals surface area contributed by atoms with E-state index in [1.54, 1.807) is 6.92 Å². The number of hydrogen-bond donors (Lipinski definition) is 1. The molecule has 1 aromatic rings. The van der Waals surface area contributed by atoms with Crippen LogP contribution in [0.4, 0.5) is 5.69 Å². The first-order valence-corrected chi connectivity index (χ1v) is 9.48. The van der Waals surface area contributed by atoms with Crippen LogP contribution in [0.2, 0.25) is 0 Å². The second-order valence-corrected chi connectivity index (χ2v) is 7.32. The topological polar surface area (TPSA) is 52.7 Å². The van der Waals surface area contributed by atoms with Gasteiger partial charge in [0.25, 0.3) is 5.91 Å². The van der Waals surface area contributed by atoms with Crippen LogP contribution >= 0.6 is 0 Å². The maximum atomic E-state index is 13.1. The molecule has 1 aromatic carbocycles. The zero-order chi connectivity index (χ0) is 17.8. The van der Waals surface area contributed by atoms with Crippen molar-refractivity contribution in [3.8, 4) is 0 Å². The van der Waals surface area contributed by atoms with Gasteiger partial charge in [-0.3, -0.25) is 9.59 Å². The Morgan fingerprint density at radius 3 is 2.44 bits per heavy atom. The van der Waals surface area contributed by atoms with Crippen LogP contribution < -0.4 is 10.2 Å². The number of amides is 2. The lowest BCUT2D eigenvalue weighted by Crippen LogP contribution is -2.45. The lowest BCUT2D eigenvalue weighted by molar-refractivity contribution is -0.119. The van der Waals surface area contributed by atoms with Gasteiger partial charge < -0.3 is 15.1 Å². The molecule has 1 unspecified atom stereocenters. The number of anilines is 1. The van der Waals surface area contributed by atoms with Crippen LogP contribution in [0.25, 0.3) is 0 Å². The smallest absolute Gasteiger partial charge is 0.256 e. The molecule has 0 aliphatic carbocycles. The Bertz CT molecular complexity index is 623. The first-order chi connectivity index (χ1) is 12.1. The van der Waals surface area contributed by atoms with E-state index in [0.717, 1.165) is 56.6 Å². The molecule has 0 aromatic heterocycles. The van der Waals surface area contributed by atoms with Crippen LogP contribution in [0.15, 0.2) is 24.3 Å². The molecule has 0 radical (unpaired) electrons. The van der Waals surface area contributed by atoms with E-state index in [2.05, 4.69) is 23.2 Å². The normalized spacial score (nSPS) is 21.9. The Kier molecular flexibility index (Phi) is 5.61. The molecular weight excluding hydrogens is 314 g/mol. The molecular formula is C20H29N3O2. The SMILES string of the molecule is CC(=O)NC1CCN(c2ccccc2C(=O)N2CCCCC2C)CC1. The maximum absolute atomic E-state index is 13.1. The predicted octanol–water partition coefficient (Wildman–Crippen LogP) is 2.81. The molecule has 2 aliphatic rings. The van der Waals surface area contributed by atoms with Gasteiger partial charge in [-0.1, -0.05) is 12.1 Å². The number of nitrogens with one attached hydrogen (secondary N) is 1. The number of carbonyl (C=O) groups excluding carboxylic acids is 2. The molecule has 3 rings (SSSR count). The monoisotopic (exact) mass is 343 g/mol. The Labute approximate surface area is 150 Å². The van der Waals surface area contributed by atoms with Gasteiger partial charge in [0.1, 0.15) is 0 Å². The van der Waals surface area contributed by atoms with E-state index in [1.807, 2.05) is 23.1 Å². The first-order valence-electron chi connectivity index (χ1n) is 9.48. The lowest BCUT2D eigenvalue weighted by atomic mass is 10.00. The molecule has 25 heavy (non-hydrogen) atoms. The zero-order valence-electron chi connectivity index (χ0n) is 15.3. The predicted molar refractivity (Wildman–Crippen MR) is 99.8 cm³/mol. The summed E-state index contributed by atoms with van der Waals surface area (Å²) in [4.78, 5) is 28.7. The highest BCUT2D eigenvalue weighted by Gasteiger charge is 2.28. The summed E-state index contributed by atoms with van der Waals surface area (Å²) in [6.07, 6.45) is 5.24.